The summed E-state index contributed by atoms with van der Waals surface area (Å²) in [5, 5.41) is 6.94. The normalized spacial score (nSPS) is 9.42. The summed E-state index contributed by atoms with van der Waals surface area (Å²) >= 11 is 1.43. The zero-order valence-corrected chi connectivity index (χ0v) is 13.8. The molecular weight excluding hydrogens is 309 g/mol. The van der Waals surface area contributed by atoms with Gasteiger partial charge >= 0.3 is 0 Å². The lowest BCUT2D eigenvalue weighted by Gasteiger charge is -2.05. The molecule has 8 heteroatoms. The van der Waals surface area contributed by atoms with Crippen molar-refractivity contribution in [2.45, 2.75) is 13.8 Å². The molecule has 112 valence electrons. The number of methoxy groups -OCH3 is 1. The second-order valence-electron chi connectivity index (χ2n) is 3.65. The molecule has 0 aliphatic heterocycles. The first-order valence-electron chi connectivity index (χ1n) is 5.57. The molecule has 0 radical (unpaired) electrons. The van der Waals surface area contributed by atoms with Gasteiger partial charge in [0.15, 0.2) is 0 Å². The van der Waals surface area contributed by atoms with Gasteiger partial charge < -0.3 is 15.4 Å². The predicted molar refractivity (Wildman–Crippen MR) is 83.2 cm³/mol. The van der Waals surface area contributed by atoms with E-state index in [0.29, 0.717) is 18.0 Å². The molecule has 0 saturated carbocycles. The molecule has 0 atom stereocenters. The maximum Gasteiger partial charge on any atom is 0.263 e. The smallest absolute Gasteiger partial charge is 0.263 e. The standard InChI is InChI=1S/C11H19N3O2S.2ClH/c1-8-10(17-9(2)14-8)11(15)13-5-4-12-6-7-16-3;;/h12H,4-7H2,1-3H3,(H,13,15);2*1H. The third kappa shape index (κ3) is 7.69. The number of hydrogen-bond acceptors (Lipinski definition) is 5. The summed E-state index contributed by atoms with van der Waals surface area (Å²) in [7, 11) is 1.67. The number of carbonyl (C=O) groups is 1. The van der Waals surface area contributed by atoms with Gasteiger partial charge in [0.05, 0.1) is 17.3 Å². The molecule has 0 aliphatic carbocycles. The first-order chi connectivity index (χ1) is 8.15. The number of halogens is 2. The van der Waals surface area contributed by atoms with E-state index >= 15 is 0 Å². The number of carbonyl (C=O) groups excluding carboxylic acids is 1. The Morgan fingerprint density at radius 3 is 2.47 bits per heavy atom. The van der Waals surface area contributed by atoms with Gasteiger partial charge in [-0.3, -0.25) is 4.79 Å². The SMILES string of the molecule is COCCNCCNC(=O)c1sc(C)nc1C.Cl.Cl. The van der Waals surface area contributed by atoms with Gasteiger partial charge in [0.2, 0.25) is 0 Å². The van der Waals surface area contributed by atoms with Crippen LogP contribution in [0.25, 0.3) is 0 Å². The molecule has 0 aliphatic rings. The molecule has 19 heavy (non-hydrogen) atoms. The fraction of sp³-hybridized carbons (Fsp3) is 0.636. The van der Waals surface area contributed by atoms with E-state index in [1.807, 2.05) is 13.8 Å². The van der Waals surface area contributed by atoms with Crippen molar-refractivity contribution in [3.05, 3.63) is 15.6 Å². The molecule has 1 amide bonds. The van der Waals surface area contributed by atoms with E-state index in [9.17, 15) is 4.79 Å². The maximum absolute atomic E-state index is 11.8. The topological polar surface area (TPSA) is 63.2 Å². The highest BCUT2D eigenvalue weighted by Crippen LogP contribution is 2.16. The number of rotatable bonds is 7. The second-order valence-corrected chi connectivity index (χ2v) is 4.85. The lowest BCUT2D eigenvalue weighted by molar-refractivity contribution is 0.0957. The van der Waals surface area contributed by atoms with Crippen molar-refractivity contribution < 1.29 is 9.53 Å². The van der Waals surface area contributed by atoms with Crippen molar-refractivity contribution in [3.8, 4) is 0 Å². The highest BCUT2D eigenvalue weighted by molar-refractivity contribution is 7.13. The molecule has 1 aromatic rings. The second kappa shape index (κ2) is 11.4. The average Bonchev–Trinajstić information content (AvgIpc) is 2.62. The van der Waals surface area contributed by atoms with Gasteiger partial charge in [0.1, 0.15) is 4.88 Å². The van der Waals surface area contributed by atoms with Crippen molar-refractivity contribution in [2.75, 3.05) is 33.4 Å². The van der Waals surface area contributed by atoms with E-state index in [1.54, 1.807) is 7.11 Å². The lowest BCUT2D eigenvalue weighted by Crippen LogP contribution is -2.33. The van der Waals surface area contributed by atoms with Crippen LogP contribution in [-0.2, 0) is 4.74 Å². The monoisotopic (exact) mass is 329 g/mol. The number of nitrogens with one attached hydrogen (secondary N) is 2. The molecule has 1 aromatic heterocycles. The van der Waals surface area contributed by atoms with E-state index in [4.69, 9.17) is 4.74 Å². The maximum atomic E-state index is 11.8. The Balaban J connectivity index is 0. The highest BCUT2D eigenvalue weighted by Gasteiger charge is 2.12. The number of aryl methyl sites for hydroxylation is 2. The van der Waals surface area contributed by atoms with Gasteiger partial charge in [0, 0.05) is 26.7 Å². The third-order valence-electron chi connectivity index (χ3n) is 2.18. The van der Waals surface area contributed by atoms with Gasteiger partial charge in [0.25, 0.3) is 5.91 Å². The molecule has 0 spiro atoms. The van der Waals surface area contributed by atoms with Crippen molar-refractivity contribution >= 4 is 42.1 Å². The van der Waals surface area contributed by atoms with Gasteiger partial charge in [-0.1, -0.05) is 0 Å². The Morgan fingerprint density at radius 2 is 1.95 bits per heavy atom. The zero-order chi connectivity index (χ0) is 12.7. The van der Waals surface area contributed by atoms with Gasteiger partial charge in [-0.15, -0.1) is 36.2 Å². The summed E-state index contributed by atoms with van der Waals surface area (Å²) in [4.78, 5) is 16.7. The van der Waals surface area contributed by atoms with Gasteiger partial charge in [-0.25, -0.2) is 4.98 Å². The van der Waals surface area contributed by atoms with Crippen molar-refractivity contribution in [2.24, 2.45) is 0 Å². The van der Waals surface area contributed by atoms with E-state index in [0.717, 1.165) is 23.8 Å². The fourth-order valence-electron chi connectivity index (χ4n) is 1.39. The summed E-state index contributed by atoms with van der Waals surface area (Å²) in [6.07, 6.45) is 0. The lowest BCUT2D eigenvalue weighted by atomic mass is 10.3. The van der Waals surface area contributed by atoms with E-state index in [2.05, 4.69) is 15.6 Å². The van der Waals surface area contributed by atoms with Gasteiger partial charge in [-0.05, 0) is 13.8 Å². The summed E-state index contributed by atoms with van der Waals surface area (Å²) in [6, 6.07) is 0. The molecule has 0 bridgehead atoms. The first kappa shape index (κ1) is 20.9. The molecule has 0 aromatic carbocycles. The van der Waals surface area contributed by atoms with Crippen molar-refractivity contribution in [1.29, 1.82) is 0 Å². The minimum Gasteiger partial charge on any atom is -0.383 e. The molecule has 2 N–H and O–H groups in total. The molecule has 5 nitrogen and oxygen atoms in total. The van der Waals surface area contributed by atoms with Crippen LogP contribution < -0.4 is 10.6 Å². The van der Waals surface area contributed by atoms with Crippen LogP contribution in [-0.4, -0.2) is 44.2 Å². The van der Waals surface area contributed by atoms with Crippen molar-refractivity contribution in [1.82, 2.24) is 15.6 Å². The number of thiazole rings is 1. The van der Waals surface area contributed by atoms with Crippen LogP contribution >= 0.6 is 36.2 Å². The van der Waals surface area contributed by atoms with Gasteiger partial charge in [-0.2, -0.15) is 0 Å². The number of aromatic nitrogens is 1. The Hall–Kier alpha value is -0.400. The first-order valence-corrected chi connectivity index (χ1v) is 6.38. The quantitative estimate of drug-likeness (QED) is 0.745. The van der Waals surface area contributed by atoms with Crippen molar-refractivity contribution in [3.63, 3.8) is 0 Å². The van der Waals surface area contributed by atoms with E-state index < -0.39 is 0 Å². The van der Waals surface area contributed by atoms with Crippen LogP contribution in [0.5, 0.6) is 0 Å². The predicted octanol–water partition coefficient (Wildman–Crippen LogP) is 1.57. The highest BCUT2D eigenvalue weighted by atomic mass is 35.5. The minimum absolute atomic E-state index is 0. The van der Waals surface area contributed by atoms with Crippen LogP contribution in [0.2, 0.25) is 0 Å². The minimum atomic E-state index is -0.0401. The number of ether oxygens (including phenoxy) is 1. The average molecular weight is 330 g/mol. The Bertz CT molecular complexity index is 375. The number of amides is 1. The molecular formula is C11H21Cl2N3O2S. The summed E-state index contributed by atoms with van der Waals surface area (Å²) < 4.78 is 4.90. The molecule has 0 fully saturated rings. The van der Waals surface area contributed by atoms with Crippen LogP contribution in [0, 0.1) is 13.8 Å². The van der Waals surface area contributed by atoms with Crippen LogP contribution in [0.4, 0.5) is 0 Å². The summed E-state index contributed by atoms with van der Waals surface area (Å²) in [5.41, 5.74) is 0.803. The fourth-order valence-corrected chi connectivity index (χ4v) is 2.22. The Morgan fingerprint density at radius 1 is 1.26 bits per heavy atom. The van der Waals surface area contributed by atoms with Crippen LogP contribution in [0.3, 0.4) is 0 Å². The molecule has 0 saturated heterocycles. The third-order valence-corrected chi connectivity index (χ3v) is 3.25. The van der Waals surface area contributed by atoms with E-state index in [1.165, 1.54) is 11.3 Å². The van der Waals surface area contributed by atoms with Crippen LogP contribution in [0.15, 0.2) is 0 Å². The molecule has 0 unspecified atom stereocenters. The summed E-state index contributed by atoms with van der Waals surface area (Å²) in [5.74, 6) is -0.0401. The van der Waals surface area contributed by atoms with Crippen LogP contribution in [0.1, 0.15) is 20.4 Å². The number of nitrogens with zero attached hydrogens (tertiary/aromatic N) is 1. The molecule has 1 rings (SSSR count). The largest absolute Gasteiger partial charge is 0.383 e. The van der Waals surface area contributed by atoms with E-state index in [-0.39, 0.29) is 30.7 Å². The molecule has 1 heterocycles. The number of hydrogen-bond donors (Lipinski definition) is 2. The zero-order valence-electron chi connectivity index (χ0n) is 11.3. The Labute approximate surface area is 130 Å². The Kier molecular flexibility index (Phi) is 12.6. The summed E-state index contributed by atoms with van der Waals surface area (Å²) in [6.45, 7) is 6.59.